The van der Waals surface area contributed by atoms with Gasteiger partial charge in [0, 0.05) is 11.1 Å². The predicted octanol–water partition coefficient (Wildman–Crippen LogP) is 1.05. The van der Waals surface area contributed by atoms with Crippen molar-refractivity contribution in [3.05, 3.63) is 23.9 Å². The molecular formula is C9H14N2O3S. The summed E-state index contributed by atoms with van der Waals surface area (Å²) < 4.78 is 22.5. The zero-order valence-corrected chi connectivity index (χ0v) is 9.67. The van der Waals surface area contributed by atoms with E-state index in [-0.39, 0.29) is 10.4 Å². The van der Waals surface area contributed by atoms with Crippen molar-refractivity contribution in [1.29, 1.82) is 0 Å². The van der Waals surface area contributed by atoms with E-state index < -0.39 is 10.0 Å². The highest BCUT2D eigenvalue weighted by Crippen LogP contribution is 2.20. The van der Waals surface area contributed by atoms with Gasteiger partial charge in [-0.25, -0.2) is 13.4 Å². The number of aromatic nitrogens is 1. The van der Waals surface area contributed by atoms with E-state index in [0.29, 0.717) is 5.69 Å². The molecule has 0 aliphatic rings. The summed E-state index contributed by atoms with van der Waals surface area (Å²) in [5.41, 5.74) is 0.417. The molecule has 0 spiro atoms. The fourth-order valence-corrected chi connectivity index (χ4v) is 1.60. The molecule has 0 fully saturated rings. The average molecular weight is 230 g/mol. The van der Waals surface area contributed by atoms with Gasteiger partial charge in [-0.1, -0.05) is 31.7 Å². The summed E-state index contributed by atoms with van der Waals surface area (Å²) in [6.45, 7) is 5.79. The highest BCUT2D eigenvalue weighted by molar-refractivity contribution is 7.89. The summed E-state index contributed by atoms with van der Waals surface area (Å²) in [5, 5.41) is 8.28. The van der Waals surface area contributed by atoms with Crippen molar-refractivity contribution in [1.82, 2.24) is 9.87 Å². The van der Waals surface area contributed by atoms with Crippen molar-refractivity contribution >= 4 is 10.0 Å². The Balaban J connectivity index is 3.27. The van der Waals surface area contributed by atoms with Crippen molar-refractivity contribution in [2.24, 2.45) is 0 Å². The minimum atomic E-state index is -3.89. The van der Waals surface area contributed by atoms with Crippen molar-refractivity contribution in [3.8, 4) is 0 Å². The lowest BCUT2D eigenvalue weighted by molar-refractivity contribution is 0.242. The zero-order valence-electron chi connectivity index (χ0n) is 8.85. The third-order valence-corrected chi connectivity index (χ3v) is 2.91. The van der Waals surface area contributed by atoms with Gasteiger partial charge >= 0.3 is 0 Å². The van der Waals surface area contributed by atoms with E-state index in [9.17, 15) is 8.42 Å². The molecule has 84 valence electrons. The third-order valence-electron chi connectivity index (χ3n) is 1.89. The van der Waals surface area contributed by atoms with Gasteiger partial charge in [-0.15, -0.1) is 0 Å². The summed E-state index contributed by atoms with van der Waals surface area (Å²) in [4.78, 5) is 5.22. The summed E-state index contributed by atoms with van der Waals surface area (Å²) in [6, 6.07) is 4.67. The first-order valence-corrected chi connectivity index (χ1v) is 5.89. The lowest BCUT2D eigenvalue weighted by Crippen LogP contribution is -2.22. The molecule has 0 bridgehead atoms. The first-order valence-electron chi connectivity index (χ1n) is 4.41. The van der Waals surface area contributed by atoms with E-state index in [1.165, 1.54) is 11.0 Å². The molecule has 0 saturated carbocycles. The Kier molecular flexibility index (Phi) is 3.13. The van der Waals surface area contributed by atoms with E-state index in [1.807, 2.05) is 20.8 Å². The molecule has 15 heavy (non-hydrogen) atoms. The summed E-state index contributed by atoms with van der Waals surface area (Å²) in [6.07, 6.45) is 0. The Labute approximate surface area is 89.2 Å². The fraction of sp³-hybridized carbons (Fsp3) is 0.444. The lowest BCUT2D eigenvalue weighted by atomic mass is 9.92. The molecule has 1 heterocycles. The third kappa shape index (κ3) is 2.74. The molecular weight excluding hydrogens is 216 g/mol. The Bertz CT molecular complexity index is 449. The maximum atomic E-state index is 11.3. The molecule has 0 aliphatic carbocycles. The van der Waals surface area contributed by atoms with Crippen LogP contribution < -0.4 is 4.89 Å². The number of pyridine rings is 1. The van der Waals surface area contributed by atoms with Gasteiger partial charge in [0.2, 0.25) is 0 Å². The van der Waals surface area contributed by atoms with Crippen LogP contribution >= 0.6 is 0 Å². The van der Waals surface area contributed by atoms with Crippen molar-refractivity contribution in [3.63, 3.8) is 0 Å². The van der Waals surface area contributed by atoms with Crippen molar-refractivity contribution in [2.45, 2.75) is 31.2 Å². The van der Waals surface area contributed by atoms with E-state index in [2.05, 4.69) is 4.98 Å². The van der Waals surface area contributed by atoms with Gasteiger partial charge < -0.3 is 5.21 Å². The van der Waals surface area contributed by atoms with Crippen LogP contribution in [0.1, 0.15) is 26.5 Å². The zero-order chi connectivity index (χ0) is 11.7. The van der Waals surface area contributed by atoms with Crippen LogP contribution in [0, 0.1) is 0 Å². The molecule has 0 unspecified atom stereocenters. The molecule has 5 nitrogen and oxygen atoms in total. The van der Waals surface area contributed by atoms with E-state index in [4.69, 9.17) is 5.21 Å². The molecule has 0 atom stereocenters. The first kappa shape index (κ1) is 12.1. The maximum absolute atomic E-state index is 11.3. The molecule has 0 amide bonds. The van der Waals surface area contributed by atoms with Gasteiger partial charge in [0.05, 0.1) is 0 Å². The van der Waals surface area contributed by atoms with Crippen LogP contribution in [0.15, 0.2) is 23.2 Å². The van der Waals surface area contributed by atoms with Crippen LogP contribution in [0.2, 0.25) is 0 Å². The molecule has 0 aliphatic heterocycles. The topological polar surface area (TPSA) is 79.3 Å². The minimum Gasteiger partial charge on any atom is -0.302 e. The normalized spacial score (nSPS) is 12.8. The number of rotatable bonds is 2. The Morgan fingerprint density at radius 2 is 1.93 bits per heavy atom. The second-order valence-corrected chi connectivity index (χ2v) is 5.81. The Morgan fingerprint density at radius 1 is 1.33 bits per heavy atom. The highest BCUT2D eigenvalue weighted by Gasteiger charge is 2.20. The Morgan fingerprint density at radius 3 is 2.40 bits per heavy atom. The highest BCUT2D eigenvalue weighted by atomic mass is 32.2. The molecule has 1 rings (SSSR count). The molecule has 0 saturated heterocycles. The molecule has 2 N–H and O–H groups in total. The average Bonchev–Trinajstić information content (AvgIpc) is 2.17. The standard InChI is InChI=1S/C9H14N2O3S/c1-9(2,3)7-5-4-6-8(10-7)15(13,14)11-12/h4-6,11-12H,1-3H3. The molecule has 1 aromatic heterocycles. The second-order valence-electron chi connectivity index (χ2n) is 4.21. The van der Waals surface area contributed by atoms with Gasteiger partial charge in [-0.05, 0) is 12.1 Å². The van der Waals surface area contributed by atoms with Gasteiger partial charge in [-0.2, -0.15) is 0 Å². The Hall–Kier alpha value is -0.980. The summed E-state index contributed by atoms with van der Waals surface area (Å²) >= 11 is 0. The quantitative estimate of drug-likeness (QED) is 0.744. The van der Waals surface area contributed by atoms with Crippen LogP contribution in [-0.2, 0) is 15.4 Å². The largest absolute Gasteiger partial charge is 0.302 e. The maximum Gasteiger partial charge on any atom is 0.279 e. The van der Waals surface area contributed by atoms with Gasteiger partial charge in [0.15, 0.2) is 5.03 Å². The van der Waals surface area contributed by atoms with Gasteiger partial charge in [-0.3, -0.25) is 0 Å². The fourth-order valence-electron chi connectivity index (χ4n) is 1.03. The van der Waals surface area contributed by atoms with Crippen LogP contribution in [-0.4, -0.2) is 18.6 Å². The van der Waals surface area contributed by atoms with E-state index in [0.717, 1.165) is 0 Å². The SMILES string of the molecule is CC(C)(C)c1cccc(S(=O)(=O)NO)n1. The number of hydrogen-bond acceptors (Lipinski definition) is 4. The molecule has 0 radical (unpaired) electrons. The van der Waals surface area contributed by atoms with E-state index >= 15 is 0 Å². The lowest BCUT2D eigenvalue weighted by Gasteiger charge is -2.17. The number of nitrogens with zero attached hydrogens (tertiary/aromatic N) is 1. The van der Waals surface area contributed by atoms with Crippen molar-refractivity contribution in [2.75, 3.05) is 0 Å². The number of nitrogens with one attached hydrogen (secondary N) is 1. The number of hydrogen-bond donors (Lipinski definition) is 2. The predicted molar refractivity (Wildman–Crippen MR) is 55.0 cm³/mol. The first-order chi connectivity index (χ1) is 6.77. The van der Waals surface area contributed by atoms with Crippen LogP contribution in [0.3, 0.4) is 0 Å². The van der Waals surface area contributed by atoms with Gasteiger partial charge in [0.1, 0.15) is 0 Å². The molecule has 0 aromatic carbocycles. The van der Waals surface area contributed by atoms with Crippen LogP contribution in [0.4, 0.5) is 0 Å². The number of sulfonamides is 1. The van der Waals surface area contributed by atoms with E-state index in [1.54, 1.807) is 12.1 Å². The monoisotopic (exact) mass is 230 g/mol. The van der Waals surface area contributed by atoms with Crippen molar-refractivity contribution < 1.29 is 13.6 Å². The molecule has 1 aromatic rings. The van der Waals surface area contributed by atoms with Crippen LogP contribution in [0.25, 0.3) is 0 Å². The summed E-state index contributed by atoms with van der Waals surface area (Å²) in [5.74, 6) is 0. The smallest absolute Gasteiger partial charge is 0.279 e. The second kappa shape index (κ2) is 3.88. The van der Waals surface area contributed by atoms with Gasteiger partial charge in [0.25, 0.3) is 10.0 Å². The minimum absolute atomic E-state index is 0.183. The molecule has 6 heteroatoms. The van der Waals surface area contributed by atoms with Crippen LogP contribution in [0.5, 0.6) is 0 Å². The summed E-state index contributed by atoms with van der Waals surface area (Å²) in [7, 11) is -3.89.